The van der Waals surface area contributed by atoms with Gasteiger partial charge in [0.05, 0.1) is 0 Å². The number of carboxylic acids is 1. The molecule has 17 heavy (non-hydrogen) atoms. The van der Waals surface area contributed by atoms with Gasteiger partial charge in [0.2, 0.25) is 0 Å². The van der Waals surface area contributed by atoms with E-state index in [1.54, 1.807) is 13.8 Å². The fourth-order valence-corrected chi connectivity index (χ4v) is 1.62. The van der Waals surface area contributed by atoms with Gasteiger partial charge in [0, 0.05) is 6.54 Å². The second-order valence-electron chi connectivity index (χ2n) is 4.18. The summed E-state index contributed by atoms with van der Waals surface area (Å²) in [6.45, 7) is 6.19. The fraction of sp³-hybridized carbons (Fsp3) is 0.833. The molecule has 0 fully saturated rings. The summed E-state index contributed by atoms with van der Waals surface area (Å²) in [5, 5.41) is 14.4. The smallest absolute Gasteiger partial charge is 0.329 e. The number of nitrogens with one attached hydrogen (secondary N) is 2. The van der Waals surface area contributed by atoms with Gasteiger partial charge in [-0.25, -0.2) is 9.59 Å². The Morgan fingerprint density at radius 3 is 2.12 bits per heavy atom. The average Bonchev–Trinajstić information content (AvgIpc) is 2.31. The Kier molecular flexibility index (Phi) is 7.34. The summed E-state index contributed by atoms with van der Waals surface area (Å²) in [5.41, 5.74) is -1.14. The lowest BCUT2D eigenvalue weighted by Gasteiger charge is -2.28. The molecule has 0 aliphatic carbocycles. The lowest BCUT2D eigenvalue weighted by atomic mass is 9.93. The highest BCUT2D eigenvalue weighted by molar-refractivity contribution is 5.86. The second-order valence-corrected chi connectivity index (χ2v) is 4.18. The minimum absolute atomic E-state index is 0.376. The molecule has 0 aromatic rings. The van der Waals surface area contributed by atoms with E-state index in [-0.39, 0.29) is 0 Å². The van der Waals surface area contributed by atoms with Gasteiger partial charge in [-0.15, -0.1) is 0 Å². The van der Waals surface area contributed by atoms with Gasteiger partial charge in [-0.05, 0) is 19.3 Å². The zero-order chi connectivity index (χ0) is 13.3. The van der Waals surface area contributed by atoms with E-state index in [1.165, 1.54) is 0 Å². The third kappa shape index (κ3) is 5.06. The third-order valence-corrected chi connectivity index (χ3v) is 3.04. The maximum absolute atomic E-state index is 11.6. The van der Waals surface area contributed by atoms with Gasteiger partial charge in [-0.3, -0.25) is 0 Å². The quantitative estimate of drug-likeness (QED) is 0.572. The van der Waals surface area contributed by atoms with Crippen molar-refractivity contribution in [2.75, 3.05) is 6.54 Å². The van der Waals surface area contributed by atoms with Crippen molar-refractivity contribution in [1.29, 1.82) is 0 Å². The van der Waals surface area contributed by atoms with E-state index in [9.17, 15) is 9.59 Å². The number of carboxylic acid groups (broad SMARTS) is 1. The molecule has 0 unspecified atom stereocenters. The number of hydrogen-bond acceptors (Lipinski definition) is 2. The van der Waals surface area contributed by atoms with Crippen molar-refractivity contribution in [2.24, 2.45) is 0 Å². The molecule has 0 saturated carbocycles. The Balaban J connectivity index is 4.18. The number of aliphatic carboxylic acids is 1. The van der Waals surface area contributed by atoms with Crippen molar-refractivity contribution < 1.29 is 14.7 Å². The molecule has 0 spiro atoms. The molecule has 5 heteroatoms. The maximum Gasteiger partial charge on any atom is 0.329 e. The first-order valence-corrected chi connectivity index (χ1v) is 6.31. The van der Waals surface area contributed by atoms with Crippen LogP contribution in [-0.4, -0.2) is 29.2 Å². The topological polar surface area (TPSA) is 78.4 Å². The van der Waals surface area contributed by atoms with Gasteiger partial charge < -0.3 is 15.7 Å². The number of unbranched alkanes of at least 4 members (excludes halogenated alkanes) is 2. The van der Waals surface area contributed by atoms with Crippen LogP contribution < -0.4 is 10.6 Å². The number of carbonyl (C=O) groups is 2. The Morgan fingerprint density at radius 2 is 1.71 bits per heavy atom. The Bertz CT molecular complexity index is 250. The highest BCUT2D eigenvalue weighted by Crippen LogP contribution is 2.15. The van der Waals surface area contributed by atoms with Crippen molar-refractivity contribution in [3.8, 4) is 0 Å². The van der Waals surface area contributed by atoms with E-state index in [2.05, 4.69) is 17.6 Å². The van der Waals surface area contributed by atoms with Crippen LogP contribution in [0, 0.1) is 0 Å². The highest BCUT2D eigenvalue weighted by atomic mass is 16.4. The Hall–Kier alpha value is -1.26. The SMILES string of the molecule is CCCCCNC(=O)NC(CC)(CC)C(=O)O. The summed E-state index contributed by atoms with van der Waals surface area (Å²) in [6, 6.07) is -0.396. The lowest BCUT2D eigenvalue weighted by Crippen LogP contribution is -2.56. The molecule has 0 aliphatic rings. The van der Waals surface area contributed by atoms with Crippen LogP contribution in [0.4, 0.5) is 4.79 Å². The number of urea groups is 1. The maximum atomic E-state index is 11.6. The van der Waals surface area contributed by atoms with Gasteiger partial charge >= 0.3 is 12.0 Å². The minimum atomic E-state index is -1.14. The minimum Gasteiger partial charge on any atom is -0.480 e. The van der Waals surface area contributed by atoms with E-state index in [0.29, 0.717) is 19.4 Å². The van der Waals surface area contributed by atoms with Gasteiger partial charge in [0.1, 0.15) is 5.54 Å². The van der Waals surface area contributed by atoms with Crippen molar-refractivity contribution in [3.63, 3.8) is 0 Å². The Labute approximate surface area is 103 Å². The van der Waals surface area contributed by atoms with E-state index >= 15 is 0 Å². The molecule has 3 N–H and O–H groups in total. The van der Waals surface area contributed by atoms with Crippen molar-refractivity contribution >= 4 is 12.0 Å². The first kappa shape index (κ1) is 15.7. The van der Waals surface area contributed by atoms with Crippen molar-refractivity contribution in [1.82, 2.24) is 10.6 Å². The summed E-state index contributed by atoms with van der Waals surface area (Å²) in [7, 11) is 0. The van der Waals surface area contributed by atoms with E-state index in [1.807, 2.05) is 0 Å². The molecule has 2 amide bonds. The average molecular weight is 244 g/mol. The van der Waals surface area contributed by atoms with Crippen molar-refractivity contribution in [2.45, 2.75) is 58.4 Å². The Morgan fingerprint density at radius 1 is 1.12 bits per heavy atom. The predicted molar refractivity (Wildman–Crippen MR) is 67.0 cm³/mol. The van der Waals surface area contributed by atoms with Crippen LogP contribution in [0.5, 0.6) is 0 Å². The van der Waals surface area contributed by atoms with Gasteiger partial charge in [-0.2, -0.15) is 0 Å². The molecule has 0 heterocycles. The van der Waals surface area contributed by atoms with Crippen molar-refractivity contribution in [3.05, 3.63) is 0 Å². The highest BCUT2D eigenvalue weighted by Gasteiger charge is 2.36. The fourth-order valence-electron chi connectivity index (χ4n) is 1.62. The third-order valence-electron chi connectivity index (χ3n) is 3.04. The van der Waals surface area contributed by atoms with Crippen LogP contribution in [0.3, 0.4) is 0 Å². The summed E-state index contributed by atoms with van der Waals surface area (Å²) < 4.78 is 0. The van der Waals surface area contributed by atoms with Crippen LogP contribution >= 0.6 is 0 Å². The lowest BCUT2D eigenvalue weighted by molar-refractivity contribution is -0.144. The normalized spacial score (nSPS) is 11.0. The molecule has 0 aromatic carbocycles. The molecule has 0 aliphatic heterocycles. The predicted octanol–water partition coefficient (Wildman–Crippen LogP) is 2.12. The van der Waals surface area contributed by atoms with Crippen LogP contribution in [0.15, 0.2) is 0 Å². The molecule has 0 bridgehead atoms. The van der Waals surface area contributed by atoms with Crippen LogP contribution in [0.1, 0.15) is 52.9 Å². The van der Waals surface area contributed by atoms with Gasteiger partial charge in [0.15, 0.2) is 0 Å². The molecule has 0 radical (unpaired) electrons. The molecular formula is C12H24N2O3. The summed E-state index contributed by atoms with van der Waals surface area (Å²) in [4.78, 5) is 22.7. The molecule has 0 aromatic heterocycles. The molecule has 0 atom stereocenters. The number of rotatable bonds is 8. The molecular weight excluding hydrogens is 220 g/mol. The molecule has 100 valence electrons. The summed E-state index contributed by atoms with van der Waals surface area (Å²) in [5.74, 6) is -0.980. The number of carbonyl (C=O) groups excluding carboxylic acids is 1. The number of hydrogen-bond donors (Lipinski definition) is 3. The molecule has 0 saturated heterocycles. The first-order valence-electron chi connectivity index (χ1n) is 6.31. The molecule has 0 rings (SSSR count). The van der Waals surface area contributed by atoms with Crippen LogP contribution in [0.2, 0.25) is 0 Å². The van der Waals surface area contributed by atoms with Gasteiger partial charge in [-0.1, -0.05) is 33.6 Å². The number of amides is 2. The van der Waals surface area contributed by atoms with E-state index in [4.69, 9.17) is 5.11 Å². The van der Waals surface area contributed by atoms with E-state index < -0.39 is 17.5 Å². The second kappa shape index (κ2) is 7.92. The molecule has 5 nitrogen and oxygen atoms in total. The van der Waals surface area contributed by atoms with Gasteiger partial charge in [0.25, 0.3) is 0 Å². The zero-order valence-electron chi connectivity index (χ0n) is 11.0. The first-order chi connectivity index (χ1) is 8.02. The summed E-state index contributed by atoms with van der Waals surface area (Å²) in [6.07, 6.45) is 3.82. The zero-order valence-corrected chi connectivity index (χ0v) is 11.0. The standard InChI is InChI=1S/C12H24N2O3/c1-4-7-8-9-13-11(17)14-12(5-2,6-3)10(15)16/h4-9H2,1-3H3,(H,15,16)(H2,13,14,17). The van der Waals surface area contributed by atoms with Crippen LogP contribution in [0.25, 0.3) is 0 Å². The van der Waals surface area contributed by atoms with E-state index in [0.717, 1.165) is 19.3 Å². The monoisotopic (exact) mass is 244 g/mol. The largest absolute Gasteiger partial charge is 0.480 e. The summed E-state index contributed by atoms with van der Waals surface area (Å²) >= 11 is 0. The van der Waals surface area contributed by atoms with Crippen LogP contribution in [-0.2, 0) is 4.79 Å².